The lowest BCUT2D eigenvalue weighted by Gasteiger charge is -2.23. The minimum atomic E-state index is -4.44. The standard InChI is InChI=1S/C13H16F3N3O3/c1-12(3-5-21-7-12)19-11(20)18-9-2-4-17-10(6-9)22-8-13(14,15)16/h2,4,6H,3,5,7-8H2,1H3,(H2,17,18,19,20). The van der Waals surface area contributed by atoms with Gasteiger partial charge in [-0.05, 0) is 19.4 Å². The fourth-order valence-corrected chi connectivity index (χ4v) is 1.92. The molecule has 9 heteroatoms. The van der Waals surface area contributed by atoms with Gasteiger partial charge in [-0.15, -0.1) is 0 Å². The molecular weight excluding hydrogens is 303 g/mol. The number of hydrogen-bond acceptors (Lipinski definition) is 4. The Morgan fingerprint density at radius 2 is 2.32 bits per heavy atom. The molecular formula is C13H16F3N3O3. The Kier molecular flexibility index (Phi) is 4.74. The number of pyridine rings is 1. The normalized spacial score (nSPS) is 21.5. The average molecular weight is 319 g/mol. The molecule has 0 bridgehead atoms. The summed E-state index contributed by atoms with van der Waals surface area (Å²) in [5.41, 5.74) is -0.167. The van der Waals surface area contributed by atoms with Gasteiger partial charge < -0.3 is 20.1 Å². The van der Waals surface area contributed by atoms with E-state index in [9.17, 15) is 18.0 Å². The Morgan fingerprint density at radius 1 is 1.55 bits per heavy atom. The van der Waals surface area contributed by atoms with Crippen LogP contribution in [0.1, 0.15) is 13.3 Å². The van der Waals surface area contributed by atoms with E-state index in [0.29, 0.717) is 19.6 Å². The van der Waals surface area contributed by atoms with E-state index in [2.05, 4.69) is 20.4 Å². The van der Waals surface area contributed by atoms with Crippen LogP contribution in [0.15, 0.2) is 18.3 Å². The zero-order chi connectivity index (χ0) is 16.2. The quantitative estimate of drug-likeness (QED) is 0.893. The van der Waals surface area contributed by atoms with Crippen molar-refractivity contribution in [2.45, 2.75) is 25.1 Å². The molecule has 0 aliphatic carbocycles. The van der Waals surface area contributed by atoms with Crippen molar-refractivity contribution >= 4 is 11.7 Å². The number of halogens is 3. The summed E-state index contributed by atoms with van der Waals surface area (Å²) < 4.78 is 46.0. The largest absolute Gasteiger partial charge is 0.468 e. The van der Waals surface area contributed by atoms with Crippen molar-refractivity contribution in [3.8, 4) is 5.88 Å². The number of aromatic nitrogens is 1. The first-order valence-corrected chi connectivity index (χ1v) is 6.58. The lowest BCUT2D eigenvalue weighted by molar-refractivity contribution is -0.154. The number of ether oxygens (including phenoxy) is 2. The van der Waals surface area contributed by atoms with E-state index >= 15 is 0 Å². The molecule has 1 fully saturated rings. The van der Waals surface area contributed by atoms with Gasteiger partial charge in [-0.25, -0.2) is 9.78 Å². The Morgan fingerprint density at radius 3 is 2.95 bits per heavy atom. The molecule has 1 aliphatic rings. The highest BCUT2D eigenvalue weighted by molar-refractivity contribution is 5.89. The molecule has 1 aromatic heterocycles. The molecule has 0 spiro atoms. The van der Waals surface area contributed by atoms with Crippen molar-refractivity contribution in [3.05, 3.63) is 18.3 Å². The molecule has 0 radical (unpaired) electrons. The van der Waals surface area contributed by atoms with Crippen LogP contribution in [0.3, 0.4) is 0 Å². The Hall–Kier alpha value is -2.03. The topological polar surface area (TPSA) is 72.5 Å². The first-order chi connectivity index (χ1) is 10.3. The van der Waals surface area contributed by atoms with E-state index < -0.39 is 24.4 Å². The molecule has 2 rings (SSSR count). The zero-order valence-electron chi connectivity index (χ0n) is 11.9. The summed E-state index contributed by atoms with van der Waals surface area (Å²) in [6.45, 7) is 1.40. The van der Waals surface area contributed by atoms with E-state index in [1.54, 1.807) is 0 Å². The second-order valence-corrected chi connectivity index (χ2v) is 5.23. The third-order valence-corrected chi connectivity index (χ3v) is 3.01. The summed E-state index contributed by atoms with van der Waals surface area (Å²) in [6.07, 6.45) is -2.50. The maximum atomic E-state index is 12.1. The number of carbonyl (C=O) groups is 1. The monoisotopic (exact) mass is 319 g/mol. The van der Waals surface area contributed by atoms with Crippen molar-refractivity contribution in [3.63, 3.8) is 0 Å². The molecule has 0 aromatic carbocycles. The number of alkyl halides is 3. The first-order valence-electron chi connectivity index (χ1n) is 6.58. The fourth-order valence-electron chi connectivity index (χ4n) is 1.92. The molecule has 1 aliphatic heterocycles. The Balaban J connectivity index is 1.90. The van der Waals surface area contributed by atoms with Gasteiger partial charge in [-0.3, -0.25) is 0 Å². The minimum Gasteiger partial charge on any atom is -0.468 e. The lowest BCUT2D eigenvalue weighted by atomic mass is 10.0. The van der Waals surface area contributed by atoms with Crippen LogP contribution in [0, 0.1) is 0 Å². The maximum Gasteiger partial charge on any atom is 0.422 e. The highest BCUT2D eigenvalue weighted by Crippen LogP contribution is 2.20. The molecule has 2 amide bonds. The molecule has 1 aromatic rings. The molecule has 1 saturated heterocycles. The molecule has 2 N–H and O–H groups in total. The van der Waals surface area contributed by atoms with Crippen molar-refractivity contribution in [2.75, 3.05) is 25.1 Å². The molecule has 0 saturated carbocycles. The summed E-state index contributed by atoms with van der Waals surface area (Å²) >= 11 is 0. The predicted octanol–water partition coefficient (Wildman–Crippen LogP) is 2.32. The van der Waals surface area contributed by atoms with Gasteiger partial charge in [-0.2, -0.15) is 13.2 Å². The van der Waals surface area contributed by atoms with Crippen molar-refractivity contribution in [2.24, 2.45) is 0 Å². The molecule has 1 unspecified atom stereocenters. The molecule has 2 heterocycles. The van der Waals surface area contributed by atoms with Crippen LogP contribution in [0.25, 0.3) is 0 Å². The van der Waals surface area contributed by atoms with Crippen LogP contribution in [0.2, 0.25) is 0 Å². The number of nitrogens with one attached hydrogen (secondary N) is 2. The van der Waals surface area contributed by atoms with Gasteiger partial charge in [0.25, 0.3) is 0 Å². The van der Waals surface area contributed by atoms with Crippen molar-refractivity contribution in [1.82, 2.24) is 10.3 Å². The molecule has 22 heavy (non-hydrogen) atoms. The average Bonchev–Trinajstić information content (AvgIpc) is 2.82. The van der Waals surface area contributed by atoms with E-state index in [1.807, 2.05) is 6.92 Å². The maximum absolute atomic E-state index is 12.1. The van der Waals surface area contributed by atoms with Crippen LogP contribution in [-0.2, 0) is 4.74 Å². The van der Waals surface area contributed by atoms with Crippen LogP contribution < -0.4 is 15.4 Å². The summed E-state index contributed by atoms with van der Waals surface area (Å²) in [5.74, 6) is -0.217. The third kappa shape index (κ3) is 5.06. The summed E-state index contributed by atoms with van der Waals surface area (Å²) in [5, 5.41) is 5.29. The second kappa shape index (κ2) is 6.39. The van der Waals surface area contributed by atoms with Gasteiger partial charge in [-0.1, -0.05) is 0 Å². The Labute approximate surface area is 125 Å². The first kappa shape index (κ1) is 16.3. The number of anilines is 1. The third-order valence-electron chi connectivity index (χ3n) is 3.01. The lowest BCUT2D eigenvalue weighted by Crippen LogP contribution is -2.48. The number of hydrogen-bond donors (Lipinski definition) is 2. The molecule has 1 atom stereocenters. The van der Waals surface area contributed by atoms with E-state index in [4.69, 9.17) is 4.74 Å². The Bertz CT molecular complexity index is 531. The fraction of sp³-hybridized carbons (Fsp3) is 0.538. The van der Waals surface area contributed by atoms with Crippen molar-refractivity contribution < 1.29 is 27.4 Å². The van der Waals surface area contributed by atoms with Crippen LogP contribution in [0.4, 0.5) is 23.7 Å². The van der Waals surface area contributed by atoms with Gasteiger partial charge >= 0.3 is 12.2 Å². The number of rotatable bonds is 4. The van der Waals surface area contributed by atoms with Gasteiger partial charge in [0.2, 0.25) is 5.88 Å². The summed E-state index contributed by atoms with van der Waals surface area (Å²) in [7, 11) is 0. The van der Waals surface area contributed by atoms with Gasteiger partial charge in [0.1, 0.15) is 0 Å². The minimum absolute atomic E-state index is 0.217. The second-order valence-electron chi connectivity index (χ2n) is 5.23. The highest BCUT2D eigenvalue weighted by atomic mass is 19.4. The number of amides is 2. The SMILES string of the molecule is CC1(NC(=O)Nc2ccnc(OCC(F)(F)F)c2)CCOC1. The van der Waals surface area contributed by atoms with Crippen LogP contribution in [0.5, 0.6) is 5.88 Å². The summed E-state index contributed by atoms with van der Waals surface area (Å²) in [6, 6.07) is 2.20. The summed E-state index contributed by atoms with van der Waals surface area (Å²) in [4.78, 5) is 15.5. The van der Waals surface area contributed by atoms with Gasteiger partial charge in [0, 0.05) is 24.6 Å². The number of nitrogens with zero attached hydrogens (tertiary/aromatic N) is 1. The highest BCUT2D eigenvalue weighted by Gasteiger charge is 2.31. The van der Waals surface area contributed by atoms with Crippen molar-refractivity contribution in [1.29, 1.82) is 0 Å². The van der Waals surface area contributed by atoms with E-state index in [1.165, 1.54) is 18.3 Å². The smallest absolute Gasteiger partial charge is 0.422 e. The van der Waals surface area contributed by atoms with Crippen LogP contribution >= 0.6 is 0 Å². The zero-order valence-corrected chi connectivity index (χ0v) is 11.9. The molecule has 122 valence electrons. The predicted molar refractivity (Wildman–Crippen MR) is 71.8 cm³/mol. The van der Waals surface area contributed by atoms with Gasteiger partial charge in [0.15, 0.2) is 6.61 Å². The van der Waals surface area contributed by atoms with Gasteiger partial charge in [0.05, 0.1) is 12.1 Å². The van der Waals surface area contributed by atoms with E-state index in [-0.39, 0.29) is 11.6 Å². The number of urea groups is 1. The molecule has 6 nitrogen and oxygen atoms in total. The number of carbonyl (C=O) groups excluding carboxylic acids is 1. The van der Waals surface area contributed by atoms with Crippen LogP contribution in [-0.4, -0.2) is 42.6 Å². The van der Waals surface area contributed by atoms with E-state index in [0.717, 1.165) is 0 Å².